The fraction of sp³-hybridized carbons (Fsp3) is 0.361. The van der Waals surface area contributed by atoms with Gasteiger partial charge in [-0.25, -0.2) is 19.6 Å². The van der Waals surface area contributed by atoms with Crippen molar-refractivity contribution in [1.82, 2.24) is 39.5 Å². The maximum atomic E-state index is 12.0. The van der Waals surface area contributed by atoms with E-state index in [2.05, 4.69) is 45.7 Å². The summed E-state index contributed by atoms with van der Waals surface area (Å²) >= 11 is 0. The quantitative estimate of drug-likeness (QED) is 0.243. The first-order chi connectivity index (χ1) is 23.1. The van der Waals surface area contributed by atoms with Gasteiger partial charge < -0.3 is 20.7 Å². The van der Waals surface area contributed by atoms with Crippen molar-refractivity contribution in [3.8, 4) is 22.9 Å². The molecule has 240 valence electrons. The summed E-state index contributed by atoms with van der Waals surface area (Å²) in [6.07, 6.45) is 11.0. The maximum Gasteiger partial charge on any atom is 0.245 e. The second kappa shape index (κ2) is 12.4. The number of rotatable bonds is 7. The van der Waals surface area contributed by atoms with E-state index in [4.69, 9.17) is 25.5 Å². The van der Waals surface area contributed by atoms with Crippen LogP contribution in [0, 0.1) is 0 Å². The number of anilines is 1. The van der Waals surface area contributed by atoms with Gasteiger partial charge in [0.05, 0.1) is 11.3 Å². The Bertz CT molecular complexity index is 1950. The highest BCUT2D eigenvalue weighted by Gasteiger charge is 2.29. The minimum atomic E-state index is 0.0209. The Morgan fingerprint density at radius 2 is 1.87 bits per heavy atom. The molecule has 0 spiro atoms. The molecule has 1 aromatic carbocycles. The molecule has 0 radical (unpaired) electrons. The molecule has 1 aliphatic carbocycles. The van der Waals surface area contributed by atoms with Crippen LogP contribution in [0.5, 0.6) is 0 Å². The number of carbonyl (C=O) groups is 1. The highest BCUT2D eigenvalue weighted by atomic mass is 16.5. The van der Waals surface area contributed by atoms with Crippen LogP contribution in [-0.2, 0) is 16.0 Å². The van der Waals surface area contributed by atoms with E-state index in [0.717, 1.165) is 98.8 Å². The Labute approximate surface area is 273 Å². The number of imidazole rings is 1. The van der Waals surface area contributed by atoms with E-state index in [-0.39, 0.29) is 11.9 Å². The summed E-state index contributed by atoms with van der Waals surface area (Å²) in [6, 6.07) is 17.2. The number of pyridine rings is 2. The first-order valence-corrected chi connectivity index (χ1v) is 16.6. The summed E-state index contributed by atoms with van der Waals surface area (Å²) in [5.41, 5.74) is 13.4. The second-order valence-electron chi connectivity index (χ2n) is 12.7. The van der Waals surface area contributed by atoms with E-state index < -0.39 is 0 Å². The number of fused-ring (bicyclic) bond motifs is 2. The number of aryl methyl sites for hydroxylation is 1. The molecule has 0 saturated carbocycles. The number of nitrogens with two attached hydrogens (primary N) is 1. The molecule has 6 heterocycles. The van der Waals surface area contributed by atoms with Crippen molar-refractivity contribution in [2.24, 2.45) is 0 Å². The van der Waals surface area contributed by atoms with Gasteiger partial charge in [0.15, 0.2) is 17.3 Å². The van der Waals surface area contributed by atoms with Crippen molar-refractivity contribution in [3.63, 3.8) is 0 Å². The lowest BCUT2D eigenvalue weighted by Gasteiger charge is -2.33. The van der Waals surface area contributed by atoms with Gasteiger partial charge in [-0.2, -0.15) is 5.10 Å². The maximum absolute atomic E-state index is 12.0. The SMILES string of the molecule is C=CC(=O)N1CCC(N[C@H]2CCc3cc(-n4c(-c5cccnc5N)nc5ccc(-n6ccc(C7CCOCC7)n6)nc54)ccc32)CC1. The van der Waals surface area contributed by atoms with Crippen molar-refractivity contribution in [1.29, 1.82) is 0 Å². The highest BCUT2D eigenvalue weighted by Crippen LogP contribution is 2.37. The minimum absolute atomic E-state index is 0.0209. The van der Waals surface area contributed by atoms with Gasteiger partial charge in [-0.05, 0) is 98.2 Å². The summed E-state index contributed by atoms with van der Waals surface area (Å²) in [7, 11) is 0. The Morgan fingerprint density at radius 3 is 2.68 bits per heavy atom. The Balaban J connectivity index is 1.13. The predicted octanol–water partition coefficient (Wildman–Crippen LogP) is 4.90. The molecule has 2 saturated heterocycles. The number of amides is 1. The molecular weight excluding hydrogens is 590 g/mol. The third-order valence-electron chi connectivity index (χ3n) is 9.93. The Kier molecular flexibility index (Phi) is 7.78. The number of piperidine rings is 1. The molecule has 5 aromatic rings. The van der Waals surface area contributed by atoms with Crippen LogP contribution < -0.4 is 11.1 Å². The van der Waals surface area contributed by atoms with E-state index in [1.807, 2.05) is 40.0 Å². The zero-order chi connectivity index (χ0) is 31.9. The van der Waals surface area contributed by atoms with Crippen LogP contribution in [0.4, 0.5) is 5.82 Å². The van der Waals surface area contributed by atoms with Gasteiger partial charge in [0, 0.05) is 62.4 Å². The number of nitrogen functional groups attached to an aromatic ring is 1. The number of hydrogen-bond donors (Lipinski definition) is 2. The van der Waals surface area contributed by atoms with Gasteiger partial charge in [0.25, 0.3) is 0 Å². The molecule has 8 rings (SSSR count). The van der Waals surface area contributed by atoms with Crippen LogP contribution >= 0.6 is 0 Å². The van der Waals surface area contributed by atoms with Gasteiger partial charge in [-0.1, -0.05) is 12.6 Å². The number of hydrogen-bond acceptors (Lipinski definition) is 8. The number of nitrogens with zero attached hydrogens (tertiary/aromatic N) is 7. The minimum Gasteiger partial charge on any atom is -0.383 e. The van der Waals surface area contributed by atoms with Crippen LogP contribution in [-0.4, -0.2) is 72.5 Å². The highest BCUT2D eigenvalue weighted by molar-refractivity contribution is 5.87. The lowest BCUT2D eigenvalue weighted by atomic mass is 9.97. The molecule has 1 atom stereocenters. The largest absolute Gasteiger partial charge is 0.383 e. The van der Waals surface area contributed by atoms with Gasteiger partial charge in [-0.3, -0.25) is 9.36 Å². The smallest absolute Gasteiger partial charge is 0.245 e. The van der Waals surface area contributed by atoms with Crippen molar-refractivity contribution in [2.45, 2.75) is 56.5 Å². The summed E-state index contributed by atoms with van der Waals surface area (Å²) in [6.45, 7) is 6.71. The predicted molar refractivity (Wildman–Crippen MR) is 180 cm³/mol. The van der Waals surface area contributed by atoms with E-state index in [0.29, 0.717) is 23.6 Å². The standard InChI is InChI=1S/C36H39N9O2/c1-2-33(46)43-17-11-25(12-18-43)39-30-8-5-24-22-26(6-7-27(24)30)45-35(28-4-3-16-38-34(28)37)40-31-9-10-32(41-36(31)45)44-19-13-29(42-44)23-14-20-47-21-15-23/h2-4,6-7,9-10,13,16,19,22-23,25,30,39H,1,5,8,11-12,14-15,17-18,20-21H2,(H2,37,38)/t30-/m0/s1. The molecule has 2 fully saturated rings. The number of ether oxygens (including phenoxy) is 1. The molecule has 3 N–H and O–H groups in total. The van der Waals surface area contributed by atoms with E-state index in [1.165, 1.54) is 17.2 Å². The molecule has 2 aliphatic heterocycles. The van der Waals surface area contributed by atoms with Crippen LogP contribution in [0.2, 0.25) is 0 Å². The van der Waals surface area contributed by atoms with E-state index >= 15 is 0 Å². The zero-order valence-corrected chi connectivity index (χ0v) is 26.4. The lowest BCUT2D eigenvalue weighted by molar-refractivity contribution is -0.127. The van der Waals surface area contributed by atoms with E-state index in [1.54, 1.807) is 6.20 Å². The van der Waals surface area contributed by atoms with Crippen LogP contribution in [0.1, 0.15) is 60.9 Å². The van der Waals surface area contributed by atoms with Gasteiger partial charge >= 0.3 is 0 Å². The first-order valence-electron chi connectivity index (χ1n) is 16.6. The number of carbonyl (C=O) groups excluding carboxylic acids is 1. The third kappa shape index (κ3) is 5.59. The number of aromatic nitrogens is 6. The van der Waals surface area contributed by atoms with Crippen LogP contribution in [0.25, 0.3) is 34.1 Å². The van der Waals surface area contributed by atoms with Crippen molar-refractivity contribution in [3.05, 3.63) is 90.4 Å². The molecule has 11 heteroatoms. The topological polar surface area (TPSA) is 129 Å². The molecular formula is C36H39N9O2. The van der Waals surface area contributed by atoms with Crippen LogP contribution in [0.15, 0.2) is 73.6 Å². The zero-order valence-electron chi connectivity index (χ0n) is 26.4. The number of benzene rings is 1. The normalized spacial score (nSPS) is 18.9. The number of likely N-dealkylation sites (tertiary alicyclic amines) is 1. The van der Waals surface area contributed by atoms with Crippen LogP contribution in [0.3, 0.4) is 0 Å². The molecule has 0 unspecified atom stereocenters. The Morgan fingerprint density at radius 1 is 1.02 bits per heavy atom. The molecule has 4 aromatic heterocycles. The summed E-state index contributed by atoms with van der Waals surface area (Å²) in [5.74, 6) is 2.27. The summed E-state index contributed by atoms with van der Waals surface area (Å²) < 4.78 is 9.51. The average Bonchev–Trinajstić information content (AvgIpc) is 3.86. The molecule has 3 aliphatic rings. The van der Waals surface area contributed by atoms with Gasteiger partial charge in [0.2, 0.25) is 5.91 Å². The molecule has 1 amide bonds. The fourth-order valence-electron chi connectivity index (χ4n) is 7.38. The first kappa shape index (κ1) is 29.5. The Hall–Kier alpha value is -4.87. The number of nitrogens with one attached hydrogen (secondary N) is 1. The van der Waals surface area contributed by atoms with E-state index in [9.17, 15) is 4.79 Å². The molecule has 11 nitrogen and oxygen atoms in total. The van der Waals surface area contributed by atoms with Gasteiger partial charge in [0.1, 0.15) is 11.3 Å². The second-order valence-corrected chi connectivity index (χ2v) is 12.7. The van der Waals surface area contributed by atoms with Crippen molar-refractivity contribution >= 4 is 22.9 Å². The molecule has 47 heavy (non-hydrogen) atoms. The summed E-state index contributed by atoms with van der Waals surface area (Å²) in [5, 5.41) is 8.82. The molecule has 0 bridgehead atoms. The fourth-order valence-corrected chi connectivity index (χ4v) is 7.38. The summed E-state index contributed by atoms with van der Waals surface area (Å²) in [4.78, 5) is 28.5. The van der Waals surface area contributed by atoms with Crippen molar-refractivity contribution in [2.75, 3.05) is 32.0 Å². The average molecular weight is 630 g/mol. The third-order valence-corrected chi connectivity index (χ3v) is 9.93. The lowest BCUT2D eigenvalue weighted by Crippen LogP contribution is -2.45. The van der Waals surface area contributed by atoms with Gasteiger partial charge in [-0.15, -0.1) is 0 Å². The van der Waals surface area contributed by atoms with Crippen molar-refractivity contribution < 1.29 is 9.53 Å². The monoisotopic (exact) mass is 629 g/mol.